The molecule has 3 N–H and O–H groups in total. The fraction of sp³-hybridized carbons (Fsp3) is 0.118. The number of rotatable bonds is 6. The van der Waals surface area contributed by atoms with Gasteiger partial charge in [-0.2, -0.15) is 0 Å². The van der Waals surface area contributed by atoms with Crippen LogP contribution in [0.2, 0.25) is 0 Å². The number of ether oxygens (including phenoxy) is 1. The number of nitro benzene ring substituents is 1. The van der Waals surface area contributed by atoms with Gasteiger partial charge in [0.1, 0.15) is 18.1 Å². The molecule has 0 aliphatic carbocycles. The number of amides is 1. The summed E-state index contributed by atoms with van der Waals surface area (Å²) >= 11 is 0. The van der Waals surface area contributed by atoms with E-state index in [1.807, 2.05) is 30.3 Å². The number of benzene rings is 2. The number of hydrogen-bond acceptors (Lipinski definition) is 5. The molecular weight excluding hydrogens is 329 g/mol. The number of nitrogens with one attached hydrogen (secondary N) is 1. The van der Waals surface area contributed by atoms with Crippen molar-refractivity contribution >= 4 is 23.5 Å². The van der Waals surface area contributed by atoms with Crippen molar-refractivity contribution in [1.82, 2.24) is 5.32 Å². The topological polar surface area (TPSA) is 107 Å². The number of nitrogens with zero attached hydrogens (tertiary/aromatic N) is 1. The standard InChI is InChI=1S/C17H16FN3O4/c18-14-9-13(16(19)15(10-14)21(23)24)7-4-8-20-17(22)25-11-12-5-2-1-3-6-12/h1-7,9-10H,8,11,19H2,(H,20,22). The first-order chi connectivity index (χ1) is 12.0. The number of hydrogen-bond donors (Lipinski definition) is 2. The van der Waals surface area contributed by atoms with Crippen LogP contribution in [-0.4, -0.2) is 17.6 Å². The second-order valence-corrected chi connectivity index (χ2v) is 5.03. The SMILES string of the molecule is Nc1c(C=CCNC(=O)OCc2ccccc2)cc(F)cc1[N+](=O)[O-]. The number of carbonyl (C=O) groups is 1. The van der Waals surface area contributed by atoms with Gasteiger partial charge in [-0.15, -0.1) is 0 Å². The molecule has 1 amide bonds. The highest BCUT2D eigenvalue weighted by molar-refractivity contribution is 5.73. The van der Waals surface area contributed by atoms with Crippen LogP contribution in [0.25, 0.3) is 6.08 Å². The Balaban J connectivity index is 1.87. The van der Waals surface area contributed by atoms with Crippen molar-refractivity contribution in [2.75, 3.05) is 12.3 Å². The van der Waals surface area contributed by atoms with Gasteiger partial charge in [0.15, 0.2) is 0 Å². The predicted octanol–water partition coefficient (Wildman–Crippen LogP) is 3.26. The molecule has 0 saturated carbocycles. The summed E-state index contributed by atoms with van der Waals surface area (Å²) < 4.78 is 18.4. The largest absolute Gasteiger partial charge is 0.445 e. The van der Waals surface area contributed by atoms with Gasteiger partial charge in [0.25, 0.3) is 5.69 Å². The molecule has 25 heavy (non-hydrogen) atoms. The predicted molar refractivity (Wildman–Crippen MR) is 91.1 cm³/mol. The van der Waals surface area contributed by atoms with Crippen molar-refractivity contribution in [3.63, 3.8) is 0 Å². The first-order valence-electron chi connectivity index (χ1n) is 7.32. The first kappa shape index (κ1) is 17.9. The maximum Gasteiger partial charge on any atom is 0.407 e. The summed E-state index contributed by atoms with van der Waals surface area (Å²) in [6, 6.07) is 11.0. The number of alkyl carbamates (subject to hydrolysis) is 1. The fourth-order valence-corrected chi connectivity index (χ4v) is 2.02. The van der Waals surface area contributed by atoms with Crippen LogP contribution in [0.15, 0.2) is 48.5 Å². The lowest BCUT2D eigenvalue weighted by Crippen LogP contribution is -2.24. The Bertz CT molecular complexity index is 794. The molecule has 0 spiro atoms. The molecule has 0 bridgehead atoms. The van der Waals surface area contributed by atoms with Gasteiger partial charge >= 0.3 is 6.09 Å². The molecule has 0 aliphatic heterocycles. The summed E-state index contributed by atoms with van der Waals surface area (Å²) in [6.07, 6.45) is 2.26. The monoisotopic (exact) mass is 345 g/mol. The lowest BCUT2D eigenvalue weighted by molar-refractivity contribution is -0.384. The molecule has 8 heteroatoms. The van der Waals surface area contributed by atoms with Crippen molar-refractivity contribution in [2.45, 2.75) is 6.61 Å². The van der Waals surface area contributed by atoms with E-state index in [-0.39, 0.29) is 24.4 Å². The molecule has 2 rings (SSSR count). The molecule has 130 valence electrons. The van der Waals surface area contributed by atoms with E-state index in [9.17, 15) is 19.3 Å². The number of anilines is 1. The van der Waals surface area contributed by atoms with E-state index in [0.717, 1.165) is 17.7 Å². The van der Waals surface area contributed by atoms with Crippen LogP contribution in [0.3, 0.4) is 0 Å². The molecule has 2 aromatic rings. The van der Waals surface area contributed by atoms with Crippen LogP contribution < -0.4 is 11.1 Å². The zero-order chi connectivity index (χ0) is 18.2. The number of nitro groups is 1. The maximum absolute atomic E-state index is 13.4. The zero-order valence-corrected chi connectivity index (χ0v) is 13.1. The Morgan fingerprint density at radius 1 is 1.32 bits per heavy atom. The van der Waals surface area contributed by atoms with E-state index in [0.29, 0.717) is 0 Å². The normalized spacial score (nSPS) is 10.6. The summed E-state index contributed by atoms with van der Waals surface area (Å²) in [5.41, 5.74) is 6.00. The minimum Gasteiger partial charge on any atom is -0.445 e. The average Bonchev–Trinajstić information content (AvgIpc) is 2.60. The van der Waals surface area contributed by atoms with Gasteiger partial charge in [0.2, 0.25) is 0 Å². The number of halogens is 1. The average molecular weight is 345 g/mol. The lowest BCUT2D eigenvalue weighted by Gasteiger charge is -2.05. The number of nitrogens with two attached hydrogens (primary N) is 1. The molecule has 7 nitrogen and oxygen atoms in total. The molecule has 2 aromatic carbocycles. The highest BCUT2D eigenvalue weighted by Gasteiger charge is 2.15. The molecule has 0 aromatic heterocycles. The molecule has 0 unspecified atom stereocenters. The zero-order valence-electron chi connectivity index (χ0n) is 13.1. The van der Waals surface area contributed by atoms with Gasteiger partial charge in [0.05, 0.1) is 11.0 Å². The Hall–Kier alpha value is -3.42. The summed E-state index contributed by atoms with van der Waals surface area (Å²) in [6.45, 7) is 0.233. The smallest absolute Gasteiger partial charge is 0.407 e. The molecule has 0 atom stereocenters. The number of nitrogen functional groups attached to an aromatic ring is 1. The van der Waals surface area contributed by atoms with E-state index >= 15 is 0 Å². The van der Waals surface area contributed by atoms with E-state index in [4.69, 9.17) is 10.5 Å². The first-order valence-corrected chi connectivity index (χ1v) is 7.32. The van der Waals surface area contributed by atoms with E-state index in [2.05, 4.69) is 5.32 Å². The van der Waals surface area contributed by atoms with Crippen molar-refractivity contribution in [3.05, 3.63) is 75.6 Å². The fourth-order valence-electron chi connectivity index (χ4n) is 2.02. The van der Waals surface area contributed by atoms with Gasteiger partial charge in [0, 0.05) is 12.1 Å². The van der Waals surface area contributed by atoms with Gasteiger partial charge in [-0.3, -0.25) is 10.1 Å². The van der Waals surface area contributed by atoms with E-state index < -0.39 is 22.5 Å². The molecule has 0 aliphatic rings. The summed E-state index contributed by atoms with van der Waals surface area (Å²) in [5.74, 6) is -0.768. The van der Waals surface area contributed by atoms with Crippen molar-refractivity contribution < 1.29 is 18.8 Å². The third kappa shape index (κ3) is 5.31. The van der Waals surface area contributed by atoms with Crippen LogP contribution in [0.4, 0.5) is 20.6 Å². The summed E-state index contributed by atoms with van der Waals surface area (Å²) in [5, 5.41) is 13.3. The van der Waals surface area contributed by atoms with Crippen LogP contribution in [0.1, 0.15) is 11.1 Å². The highest BCUT2D eigenvalue weighted by Crippen LogP contribution is 2.27. The molecule has 0 saturated heterocycles. The van der Waals surface area contributed by atoms with Crippen molar-refractivity contribution in [1.29, 1.82) is 0 Å². The third-order valence-corrected chi connectivity index (χ3v) is 3.23. The van der Waals surface area contributed by atoms with Crippen LogP contribution in [0, 0.1) is 15.9 Å². The second-order valence-electron chi connectivity index (χ2n) is 5.03. The van der Waals surface area contributed by atoms with Crippen molar-refractivity contribution in [2.24, 2.45) is 0 Å². The highest BCUT2D eigenvalue weighted by atomic mass is 19.1. The van der Waals surface area contributed by atoms with Gasteiger partial charge in [-0.25, -0.2) is 9.18 Å². The Kier molecular flexibility index (Phi) is 6.05. The lowest BCUT2D eigenvalue weighted by atomic mass is 10.1. The molecular formula is C17H16FN3O4. The Morgan fingerprint density at radius 2 is 2.04 bits per heavy atom. The minimum atomic E-state index is -0.768. The van der Waals surface area contributed by atoms with Crippen molar-refractivity contribution in [3.8, 4) is 0 Å². The van der Waals surface area contributed by atoms with E-state index in [1.165, 1.54) is 12.2 Å². The maximum atomic E-state index is 13.4. The third-order valence-electron chi connectivity index (χ3n) is 3.23. The molecule has 0 radical (unpaired) electrons. The quantitative estimate of drug-likeness (QED) is 0.475. The van der Waals surface area contributed by atoms with Crippen LogP contribution in [0.5, 0.6) is 0 Å². The molecule has 0 heterocycles. The Morgan fingerprint density at radius 3 is 2.72 bits per heavy atom. The minimum absolute atomic E-state index is 0.0946. The summed E-state index contributed by atoms with van der Waals surface area (Å²) in [7, 11) is 0. The number of carbonyl (C=O) groups excluding carboxylic acids is 1. The van der Waals surface area contributed by atoms with Gasteiger partial charge in [-0.1, -0.05) is 42.5 Å². The Labute approximate surface area is 143 Å². The molecule has 0 fully saturated rings. The second kappa shape index (κ2) is 8.44. The van der Waals surface area contributed by atoms with E-state index in [1.54, 1.807) is 0 Å². The summed E-state index contributed by atoms with van der Waals surface area (Å²) in [4.78, 5) is 21.6. The van der Waals surface area contributed by atoms with Crippen LogP contribution in [-0.2, 0) is 11.3 Å². The van der Waals surface area contributed by atoms with Crippen LogP contribution >= 0.6 is 0 Å². The van der Waals surface area contributed by atoms with Gasteiger partial charge in [-0.05, 0) is 11.6 Å². The van der Waals surface area contributed by atoms with Gasteiger partial charge < -0.3 is 15.8 Å².